The van der Waals surface area contributed by atoms with Crippen LogP contribution in [0, 0.1) is 24.7 Å². The van der Waals surface area contributed by atoms with Gasteiger partial charge in [-0.3, -0.25) is 9.59 Å². The summed E-state index contributed by atoms with van der Waals surface area (Å²) in [4.78, 5) is 38.5. The van der Waals surface area contributed by atoms with Gasteiger partial charge in [-0.1, -0.05) is 314 Å². The van der Waals surface area contributed by atoms with E-state index < -0.39 is 47.2 Å². The number of hydrogen-bond donors (Lipinski definition) is 2. The third kappa shape index (κ3) is 15.7. The van der Waals surface area contributed by atoms with E-state index in [0.717, 1.165) is 57.5 Å². The van der Waals surface area contributed by atoms with E-state index in [-0.39, 0.29) is 82.1 Å². The molecule has 576 valence electrons. The zero-order valence-corrected chi connectivity index (χ0v) is 67.1. The molecule has 12 aromatic carbocycles. The molecule has 1 saturated carbocycles. The van der Waals surface area contributed by atoms with E-state index in [1.165, 1.54) is 67.0 Å². The van der Waals surface area contributed by atoms with Gasteiger partial charge in [-0.15, -0.1) is 0 Å². The largest absolute Gasteiger partial charge is 0.475 e. The van der Waals surface area contributed by atoms with Crippen LogP contribution >= 0.6 is 23.8 Å². The van der Waals surface area contributed by atoms with Gasteiger partial charge in [0.15, 0.2) is 0 Å². The van der Waals surface area contributed by atoms with Crippen LogP contribution in [0.3, 0.4) is 0 Å². The van der Waals surface area contributed by atoms with Gasteiger partial charge in [0.2, 0.25) is 11.8 Å². The molecule has 1 fully saturated rings. The Bertz CT molecular complexity index is 5460. The smallest absolute Gasteiger partial charge is 0.416 e. The minimum atomic E-state index is -4.59. The molecule has 3 aliphatic carbocycles. The van der Waals surface area contributed by atoms with Crippen molar-refractivity contribution in [2.24, 2.45) is 20.8 Å². The number of carbonyl (C=O) groups excluding carboxylic acids is 2. The second-order valence-electron chi connectivity index (χ2n) is 31.6. The number of amides is 2. The van der Waals surface area contributed by atoms with Gasteiger partial charge < -0.3 is 20.1 Å². The summed E-state index contributed by atoms with van der Waals surface area (Å²) in [6.07, 6.45) is -9.09. The quantitative estimate of drug-likeness (QED) is 0.0789. The maximum Gasteiger partial charge on any atom is 0.416 e. The van der Waals surface area contributed by atoms with Crippen LogP contribution in [0.5, 0.6) is 0 Å². The van der Waals surface area contributed by atoms with Crippen LogP contribution in [0.2, 0.25) is 0 Å². The van der Waals surface area contributed by atoms with Crippen molar-refractivity contribution < 1.29 is 45.4 Å². The van der Waals surface area contributed by atoms with Crippen molar-refractivity contribution in [1.29, 1.82) is 0 Å². The Morgan fingerprint density at radius 2 is 0.728 bits per heavy atom. The molecule has 2 amide bonds. The molecule has 1 spiro atoms. The molecule has 12 aromatic rings. The lowest BCUT2D eigenvalue weighted by molar-refractivity contribution is -0.138. The Morgan fingerprint density at radius 3 is 1.18 bits per heavy atom. The van der Waals surface area contributed by atoms with Crippen LogP contribution in [0.15, 0.2) is 319 Å². The fourth-order valence-electron chi connectivity index (χ4n) is 16.4. The van der Waals surface area contributed by atoms with Gasteiger partial charge in [0.05, 0.1) is 35.3 Å². The Hall–Kier alpha value is -10.6. The third-order valence-electron chi connectivity index (χ3n) is 22.2. The first-order chi connectivity index (χ1) is 54.8. The number of fused-ring (bicyclic) bond motifs is 4. The van der Waals surface area contributed by atoms with Crippen molar-refractivity contribution in [1.82, 2.24) is 10.6 Å². The Balaban J connectivity index is 0.000000141. The summed E-state index contributed by atoms with van der Waals surface area (Å²) in [5.41, 5.74) is 7.64. The number of ether oxygens (including phenoxy) is 2. The molecule has 2 N–H and O–H groups in total. The standard InChI is InChI=1S/C44H35N2O2P.C28H26F6NOP.C25H26NOP/c1-28-16-8-9-21-31(28)42(47)45-40-38-32-22-10-13-25-35(32)44(38)36-26-14-11-23-33(36)39(44)41(40)46-43(48)34-24-12-15-27-37(34)49(29-17-4-2-5-18-29)30-19-6-3-7-20-30;1-17-5-10-20(11-6-17)37(21-12-7-18(8-13-21)27(29,30)31)23-14-9-19(28(32,33)34)15-22(23)25-35-24(16-36-25)26(2,3)4;1-25(2,3)23-18-27-24(26-23)21-16-10-11-17-22(21)28(19-12-6-4-7-13-19)20-14-8-5-9-15-20/h2-27,38-41H,1H3,(H,45,47)(H,46,48);5-15,24H,16H2,1-4H3;4-17,23H,18H2,1-3H3/t38?,39-,40-,41-,44-;24-,37?;23-/m111/s1. The monoisotopic (exact) mass is 1580 g/mol. The van der Waals surface area contributed by atoms with Crippen LogP contribution < -0.4 is 58.4 Å². The van der Waals surface area contributed by atoms with Crippen LogP contribution in [-0.4, -0.2) is 61.0 Å². The zero-order valence-electron chi connectivity index (χ0n) is 64.5. The molecule has 0 radical (unpaired) electrons. The number of hydrogen-bond acceptors (Lipinski definition) is 6. The summed E-state index contributed by atoms with van der Waals surface area (Å²) in [5.74, 6) is 0.765. The van der Waals surface area contributed by atoms with Gasteiger partial charge >= 0.3 is 12.4 Å². The number of halogens is 6. The predicted octanol–water partition coefficient (Wildman–Crippen LogP) is 18.5. The van der Waals surface area contributed by atoms with Gasteiger partial charge in [-0.2, -0.15) is 26.3 Å². The molecule has 8 nitrogen and oxygen atoms in total. The van der Waals surface area contributed by atoms with Crippen molar-refractivity contribution in [3.8, 4) is 0 Å². The molecule has 2 aliphatic heterocycles. The topological polar surface area (TPSA) is 101 Å². The summed E-state index contributed by atoms with van der Waals surface area (Å²) in [6.45, 7) is 17.4. The van der Waals surface area contributed by atoms with Crippen LogP contribution in [0.1, 0.15) is 130 Å². The predicted molar refractivity (Wildman–Crippen MR) is 454 cm³/mol. The molecule has 8 atom stereocenters. The minimum Gasteiger partial charge on any atom is -0.475 e. The van der Waals surface area contributed by atoms with Crippen molar-refractivity contribution in [3.63, 3.8) is 0 Å². The average molecular weight is 1580 g/mol. The second-order valence-corrected chi connectivity index (χ2v) is 38.1. The number of aliphatic imine (C=N–C) groups is 2. The van der Waals surface area contributed by atoms with E-state index >= 15 is 0 Å². The fraction of sp³-hybridized carbons (Fsp3) is 0.216. The molecular weight excluding hydrogens is 1490 g/mol. The third-order valence-corrected chi connectivity index (χ3v) is 29.7. The molecule has 2 heterocycles. The Labute approximate surface area is 666 Å². The van der Waals surface area contributed by atoms with E-state index in [2.05, 4.69) is 224 Å². The first-order valence-electron chi connectivity index (χ1n) is 38.3. The van der Waals surface area contributed by atoms with Crippen molar-refractivity contribution in [2.45, 2.75) is 109 Å². The number of aryl methyl sites for hydroxylation is 2. The summed E-state index contributed by atoms with van der Waals surface area (Å²) in [7, 11) is -3.22. The van der Waals surface area contributed by atoms with E-state index in [9.17, 15) is 35.9 Å². The van der Waals surface area contributed by atoms with Crippen molar-refractivity contribution >= 4 is 95.1 Å². The lowest BCUT2D eigenvalue weighted by atomic mass is 9.43. The normalized spacial score (nSPS) is 19.4. The number of carbonyl (C=O) groups is 2. The highest BCUT2D eigenvalue weighted by atomic mass is 31.1. The second kappa shape index (κ2) is 32.3. The Morgan fingerprint density at radius 1 is 0.377 bits per heavy atom. The first kappa shape index (κ1) is 78.7. The molecule has 17 rings (SSSR count). The van der Waals surface area contributed by atoms with Crippen molar-refractivity contribution in [2.75, 3.05) is 13.2 Å². The van der Waals surface area contributed by atoms with Gasteiger partial charge in [-0.25, -0.2) is 9.98 Å². The van der Waals surface area contributed by atoms with Crippen molar-refractivity contribution in [3.05, 3.63) is 376 Å². The number of nitrogens with zero attached hydrogens (tertiary/aromatic N) is 2. The summed E-state index contributed by atoms with van der Waals surface area (Å²) in [6, 6.07) is 99.1. The molecule has 2 unspecified atom stereocenters. The first-order valence-corrected chi connectivity index (χ1v) is 42.3. The highest BCUT2D eigenvalue weighted by Crippen LogP contribution is 2.75. The Kier molecular flexibility index (Phi) is 22.3. The lowest BCUT2D eigenvalue weighted by Gasteiger charge is -2.58. The van der Waals surface area contributed by atoms with E-state index in [1.54, 1.807) is 0 Å². The number of alkyl halides is 6. The maximum atomic E-state index is 14.8. The number of nitrogens with one attached hydrogen (secondary N) is 2. The average Bonchev–Trinajstić information content (AvgIpc) is 1.44. The molecule has 0 saturated heterocycles. The highest BCUT2D eigenvalue weighted by Gasteiger charge is 2.74. The van der Waals surface area contributed by atoms with E-state index in [4.69, 9.17) is 14.5 Å². The minimum absolute atomic E-state index is 0.0339. The van der Waals surface area contributed by atoms with E-state index in [1.807, 2.05) is 113 Å². The molecule has 0 bridgehead atoms. The highest BCUT2D eigenvalue weighted by molar-refractivity contribution is 7.80. The molecule has 17 heteroatoms. The molecular formula is C97H87F6N4O4P3. The lowest BCUT2D eigenvalue weighted by Crippen LogP contribution is -2.54. The van der Waals surface area contributed by atoms with E-state index in [0.29, 0.717) is 28.3 Å². The summed E-state index contributed by atoms with van der Waals surface area (Å²) in [5, 5.41) is 16.3. The summed E-state index contributed by atoms with van der Waals surface area (Å²) < 4.78 is 92.8. The van der Waals surface area contributed by atoms with Gasteiger partial charge in [0, 0.05) is 39.5 Å². The van der Waals surface area contributed by atoms with Gasteiger partial charge in [-0.05, 0) is 166 Å². The van der Waals surface area contributed by atoms with Crippen LogP contribution in [0.25, 0.3) is 0 Å². The molecule has 5 aliphatic rings. The zero-order chi connectivity index (χ0) is 79.8. The van der Waals surface area contributed by atoms with Gasteiger partial charge in [0.25, 0.3) is 11.8 Å². The van der Waals surface area contributed by atoms with Crippen LogP contribution in [-0.2, 0) is 27.2 Å². The molecule has 0 aromatic heterocycles. The molecule has 114 heavy (non-hydrogen) atoms. The van der Waals surface area contributed by atoms with Gasteiger partial charge in [0.1, 0.15) is 13.2 Å². The number of rotatable bonds is 15. The fourth-order valence-corrected chi connectivity index (χ4v) is 23.7. The number of benzene rings is 12. The summed E-state index contributed by atoms with van der Waals surface area (Å²) >= 11 is 0. The van der Waals surface area contributed by atoms with Crippen LogP contribution in [0.4, 0.5) is 26.3 Å². The SMILES string of the molecule is CC(C)(C)[C@H]1COC(c2ccccc2P(c2ccccc2)c2ccccc2)=N1.Cc1ccc(P(c2ccc(C(F)(F)F)cc2)c2ccc(C(F)(F)F)cc2C2=N[C@@H](C(C)(C)C)CO2)cc1.Cc1ccccc1C(=O)N[C@@H]1C2c3ccccc3[C@@]23c2ccccc2[C@@H]3[C@H]1NC(=O)c1ccccc1P(c1ccccc1)c1ccccc1. The maximum absolute atomic E-state index is 14.8.